The second-order valence-electron chi connectivity index (χ2n) is 6.45. The van der Waals surface area contributed by atoms with E-state index in [0.29, 0.717) is 21.9 Å². The van der Waals surface area contributed by atoms with Gasteiger partial charge in [-0.2, -0.15) is 5.26 Å². The van der Waals surface area contributed by atoms with Crippen molar-refractivity contribution in [3.05, 3.63) is 34.5 Å². The highest BCUT2D eigenvalue weighted by Gasteiger charge is 2.32. The van der Waals surface area contributed by atoms with Crippen LogP contribution in [0.5, 0.6) is 0 Å². The number of allylic oxidation sites excluding steroid dienone is 1. The van der Waals surface area contributed by atoms with Gasteiger partial charge in [0.1, 0.15) is 10.2 Å². The Hall–Kier alpha value is -2.11. The smallest absolute Gasteiger partial charge is 0.272 e. The van der Waals surface area contributed by atoms with Crippen LogP contribution in [0.4, 0.5) is 0 Å². The van der Waals surface area contributed by atoms with E-state index < -0.39 is 10.8 Å². The van der Waals surface area contributed by atoms with Crippen LogP contribution in [0.3, 0.4) is 0 Å². The summed E-state index contributed by atoms with van der Waals surface area (Å²) in [4.78, 5) is 29.8. The summed E-state index contributed by atoms with van der Waals surface area (Å²) in [7, 11) is 0. The lowest BCUT2D eigenvalue weighted by Crippen LogP contribution is -2.51. The van der Waals surface area contributed by atoms with Crippen LogP contribution in [0.15, 0.2) is 34.1 Å². The molecule has 2 atom stereocenters. The van der Waals surface area contributed by atoms with Gasteiger partial charge in [-0.3, -0.25) is 14.2 Å². The highest BCUT2D eigenvalue weighted by Crippen LogP contribution is 2.25. The van der Waals surface area contributed by atoms with Crippen LogP contribution in [0.2, 0.25) is 0 Å². The molecule has 2 rings (SSSR count). The van der Waals surface area contributed by atoms with E-state index in [1.165, 1.54) is 27.7 Å². The van der Waals surface area contributed by atoms with E-state index in [-0.39, 0.29) is 17.4 Å². The molecule has 138 valence electrons. The van der Waals surface area contributed by atoms with Gasteiger partial charge in [-0.1, -0.05) is 31.7 Å². The standard InChI is InChI=1S/C18H22N4O2S2/c1-6-8-22-16(24)14-13(7-9-25-14)20-17(22)26-12(4)15(23)21-18(5,10-19)11(2)3/h6-7,9,11-12H,1,8H2,2-5H3,(H,21,23)/t12-,18-/m1/s1. The Morgan fingerprint density at radius 3 is 2.85 bits per heavy atom. The van der Waals surface area contributed by atoms with Gasteiger partial charge in [0.15, 0.2) is 5.16 Å². The monoisotopic (exact) mass is 390 g/mol. The lowest BCUT2D eigenvalue weighted by Gasteiger charge is -2.28. The summed E-state index contributed by atoms with van der Waals surface area (Å²) in [6.07, 6.45) is 1.63. The molecule has 1 N–H and O–H groups in total. The lowest BCUT2D eigenvalue weighted by atomic mass is 9.90. The number of thioether (sulfide) groups is 1. The van der Waals surface area contributed by atoms with Crippen molar-refractivity contribution in [2.24, 2.45) is 5.92 Å². The van der Waals surface area contributed by atoms with Crippen LogP contribution in [0.1, 0.15) is 27.7 Å². The second kappa shape index (κ2) is 8.06. The molecule has 0 aliphatic carbocycles. The second-order valence-corrected chi connectivity index (χ2v) is 8.68. The summed E-state index contributed by atoms with van der Waals surface area (Å²) < 4.78 is 2.11. The predicted octanol–water partition coefficient (Wildman–Crippen LogP) is 3.18. The number of hydrogen-bond acceptors (Lipinski definition) is 6. The average molecular weight is 391 g/mol. The highest BCUT2D eigenvalue weighted by atomic mass is 32.2. The molecule has 1 amide bonds. The first-order chi connectivity index (χ1) is 12.2. The Balaban J connectivity index is 2.31. The molecule has 0 aliphatic rings. The quantitative estimate of drug-likeness (QED) is 0.446. The molecule has 2 heterocycles. The van der Waals surface area contributed by atoms with Gasteiger partial charge in [0, 0.05) is 6.54 Å². The zero-order valence-corrected chi connectivity index (χ0v) is 16.9. The predicted molar refractivity (Wildman–Crippen MR) is 106 cm³/mol. The molecule has 2 aromatic heterocycles. The highest BCUT2D eigenvalue weighted by molar-refractivity contribution is 8.00. The van der Waals surface area contributed by atoms with Crippen molar-refractivity contribution in [2.45, 2.75) is 50.2 Å². The van der Waals surface area contributed by atoms with Gasteiger partial charge >= 0.3 is 0 Å². The molecule has 0 bridgehead atoms. The first-order valence-corrected chi connectivity index (χ1v) is 9.98. The number of hydrogen-bond donors (Lipinski definition) is 1. The summed E-state index contributed by atoms with van der Waals surface area (Å²) >= 11 is 2.55. The van der Waals surface area contributed by atoms with Gasteiger partial charge in [0.2, 0.25) is 5.91 Å². The van der Waals surface area contributed by atoms with Crippen molar-refractivity contribution in [1.82, 2.24) is 14.9 Å². The summed E-state index contributed by atoms with van der Waals surface area (Å²) in [5, 5.41) is 14.0. The molecule has 0 saturated heterocycles. The van der Waals surface area contributed by atoms with Crippen molar-refractivity contribution < 1.29 is 4.79 Å². The van der Waals surface area contributed by atoms with Crippen LogP contribution < -0.4 is 10.9 Å². The Bertz CT molecular complexity index is 925. The van der Waals surface area contributed by atoms with Crippen molar-refractivity contribution >= 4 is 39.2 Å². The molecule has 6 nitrogen and oxygen atoms in total. The number of amides is 1. The number of fused-ring (bicyclic) bond motifs is 1. The minimum atomic E-state index is -0.947. The number of nitriles is 1. The Kier molecular flexibility index (Phi) is 6.26. The minimum absolute atomic E-state index is 0.0344. The molecule has 0 aromatic carbocycles. The fraction of sp³-hybridized carbons (Fsp3) is 0.444. The summed E-state index contributed by atoms with van der Waals surface area (Å²) in [6, 6.07) is 3.96. The Labute approximate surface area is 160 Å². The molecule has 0 saturated carbocycles. The molecule has 2 aromatic rings. The summed E-state index contributed by atoms with van der Waals surface area (Å²) in [5.41, 5.74) is -0.458. The normalized spacial score (nSPS) is 14.6. The number of nitrogens with one attached hydrogen (secondary N) is 1. The average Bonchev–Trinajstić information content (AvgIpc) is 3.06. The molecule has 0 radical (unpaired) electrons. The molecular weight excluding hydrogens is 368 g/mol. The molecular formula is C18H22N4O2S2. The zero-order valence-electron chi connectivity index (χ0n) is 15.3. The van der Waals surface area contributed by atoms with E-state index in [9.17, 15) is 14.9 Å². The van der Waals surface area contributed by atoms with Crippen molar-refractivity contribution in [1.29, 1.82) is 5.26 Å². The van der Waals surface area contributed by atoms with Gasteiger partial charge in [-0.15, -0.1) is 17.9 Å². The maximum Gasteiger partial charge on any atom is 0.272 e. The lowest BCUT2D eigenvalue weighted by molar-refractivity contribution is -0.121. The maximum atomic E-state index is 12.6. The van der Waals surface area contributed by atoms with Gasteiger partial charge in [-0.05, 0) is 31.2 Å². The van der Waals surface area contributed by atoms with E-state index in [4.69, 9.17) is 0 Å². The zero-order chi connectivity index (χ0) is 19.5. The van der Waals surface area contributed by atoms with Gasteiger partial charge < -0.3 is 5.32 Å². The van der Waals surface area contributed by atoms with E-state index in [2.05, 4.69) is 22.9 Å². The fourth-order valence-corrected chi connectivity index (χ4v) is 3.87. The fourth-order valence-electron chi connectivity index (χ4n) is 2.17. The Morgan fingerprint density at radius 1 is 1.58 bits per heavy atom. The third-order valence-electron chi connectivity index (χ3n) is 4.26. The van der Waals surface area contributed by atoms with Crippen LogP contribution >= 0.6 is 23.1 Å². The van der Waals surface area contributed by atoms with Crippen LogP contribution in [0, 0.1) is 17.2 Å². The number of thiophene rings is 1. The van der Waals surface area contributed by atoms with Crippen molar-refractivity contribution in [3.63, 3.8) is 0 Å². The summed E-state index contributed by atoms with van der Waals surface area (Å²) in [6.45, 7) is 11.2. The number of rotatable bonds is 7. The number of carbonyl (C=O) groups excluding carboxylic acids is 1. The third-order valence-corrected chi connectivity index (χ3v) is 6.25. The first-order valence-electron chi connectivity index (χ1n) is 8.22. The molecule has 0 unspecified atom stereocenters. The van der Waals surface area contributed by atoms with E-state index in [1.54, 1.807) is 26.0 Å². The molecule has 0 fully saturated rings. The number of aromatic nitrogens is 2. The van der Waals surface area contributed by atoms with E-state index in [1.807, 2.05) is 19.2 Å². The molecule has 26 heavy (non-hydrogen) atoms. The number of carbonyl (C=O) groups is 1. The van der Waals surface area contributed by atoms with Crippen molar-refractivity contribution in [3.8, 4) is 6.07 Å². The molecule has 8 heteroatoms. The maximum absolute atomic E-state index is 12.6. The molecule has 0 spiro atoms. The van der Waals surface area contributed by atoms with Crippen LogP contribution in [0.25, 0.3) is 10.2 Å². The van der Waals surface area contributed by atoms with Gasteiger partial charge in [0.05, 0.1) is 16.8 Å². The largest absolute Gasteiger partial charge is 0.337 e. The van der Waals surface area contributed by atoms with Crippen LogP contribution in [-0.2, 0) is 11.3 Å². The topological polar surface area (TPSA) is 87.8 Å². The first kappa shape index (κ1) is 20.2. The summed E-state index contributed by atoms with van der Waals surface area (Å²) in [5.74, 6) is -0.301. The minimum Gasteiger partial charge on any atom is -0.337 e. The van der Waals surface area contributed by atoms with E-state index in [0.717, 1.165) is 0 Å². The van der Waals surface area contributed by atoms with Crippen molar-refractivity contribution in [2.75, 3.05) is 0 Å². The SMILES string of the molecule is C=CCn1c(S[C@H](C)C(=O)N[C@](C)(C#N)C(C)C)nc2ccsc2c1=O. The van der Waals surface area contributed by atoms with Crippen LogP contribution in [-0.4, -0.2) is 26.2 Å². The molecule has 0 aliphatic heterocycles. The third kappa shape index (κ3) is 4.00. The number of nitrogens with zero attached hydrogens (tertiary/aromatic N) is 3. The Morgan fingerprint density at radius 2 is 2.27 bits per heavy atom. The van der Waals surface area contributed by atoms with E-state index >= 15 is 0 Å². The van der Waals surface area contributed by atoms with Gasteiger partial charge in [-0.25, -0.2) is 4.98 Å². The van der Waals surface area contributed by atoms with Gasteiger partial charge in [0.25, 0.3) is 5.56 Å².